The van der Waals surface area contributed by atoms with Gasteiger partial charge in [-0.3, -0.25) is 4.79 Å². The van der Waals surface area contributed by atoms with Crippen LogP contribution in [0.4, 0.5) is 5.82 Å². The minimum atomic E-state index is -1.16. The van der Waals surface area contributed by atoms with E-state index in [2.05, 4.69) is 25.3 Å². The number of anilines is 1. The third-order valence-corrected chi connectivity index (χ3v) is 3.88. The molecule has 1 amide bonds. The Kier molecular flexibility index (Phi) is 5.80. The summed E-state index contributed by atoms with van der Waals surface area (Å²) >= 11 is 0. The third kappa shape index (κ3) is 4.54. The number of hydrogen-bond donors (Lipinski definition) is 2. The van der Waals surface area contributed by atoms with Gasteiger partial charge in [0, 0.05) is 0 Å². The largest absolute Gasteiger partial charge is 0.497 e. The van der Waals surface area contributed by atoms with Gasteiger partial charge in [-0.1, -0.05) is 12.1 Å². The highest BCUT2D eigenvalue weighted by molar-refractivity contribution is 6.02. The minimum Gasteiger partial charge on any atom is -0.497 e. The summed E-state index contributed by atoms with van der Waals surface area (Å²) < 4.78 is 10.2. The molecule has 0 radical (unpaired) electrons. The van der Waals surface area contributed by atoms with Gasteiger partial charge in [-0.05, 0) is 30.7 Å². The smallest absolute Gasteiger partial charge is 0.349 e. The lowest BCUT2D eigenvalue weighted by molar-refractivity contribution is -0.148. The number of rotatable bonds is 6. The molecule has 0 saturated heterocycles. The zero-order valence-electron chi connectivity index (χ0n) is 15.5. The number of aromatic nitrogens is 4. The topological polar surface area (TPSA) is 143 Å². The number of carbonyl (C=O) groups is 2. The molecule has 1 unspecified atom stereocenters. The maximum atomic E-state index is 12.4. The second-order valence-electron chi connectivity index (χ2n) is 5.80. The van der Waals surface area contributed by atoms with Crippen molar-refractivity contribution in [2.45, 2.75) is 13.0 Å². The summed E-state index contributed by atoms with van der Waals surface area (Å²) in [5.74, 6) is -0.686. The molecule has 3 rings (SSSR count). The Balaban J connectivity index is 1.67. The molecule has 146 valence electrons. The van der Waals surface area contributed by atoms with Crippen molar-refractivity contribution in [3.63, 3.8) is 0 Å². The molecule has 2 aromatic heterocycles. The first-order valence-corrected chi connectivity index (χ1v) is 8.43. The van der Waals surface area contributed by atoms with Gasteiger partial charge >= 0.3 is 5.97 Å². The number of fused-ring (bicyclic) bond motifs is 1. The second-order valence-corrected chi connectivity index (χ2v) is 5.80. The van der Waals surface area contributed by atoms with E-state index in [9.17, 15) is 14.9 Å². The molecule has 0 bridgehead atoms. The molecule has 10 nitrogen and oxygen atoms in total. The molecule has 29 heavy (non-hydrogen) atoms. The van der Waals surface area contributed by atoms with E-state index in [-0.39, 0.29) is 11.4 Å². The fourth-order valence-corrected chi connectivity index (χ4v) is 2.36. The Morgan fingerprint density at radius 2 is 2.00 bits per heavy atom. The number of hydrogen-bond acceptors (Lipinski definition) is 8. The normalized spacial score (nSPS) is 12.1. The predicted molar refractivity (Wildman–Crippen MR) is 102 cm³/mol. The molecule has 0 aliphatic carbocycles. The van der Waals surface area contributed by atoms with Crippen molar-refractivity contribution in [1.82, 2.24) is 19.9 Å². The number of amides is 1. The lowest BCUT2D eigenvalue weighted by Crippen LogP contribution is -2.30. The number of ether oxygens (including phenoxy) is 2. The number of nitrogens with zero attached hydrogens (tertiary/aromatic N) is 4. The van der Waals surface area contributed by atoms with E-state index in [1.165, 1.54) is 32.8 Å². The molecule has 1 atom stereocenters. The summed E-state index contributed by atoms with van der Waals surface area (Å²) in [6, 6.07) is 8.54. The highest BCUT2D eigenvalue weighted by Gasteiger charge is 2.22. The number of esters is 1. The van der Waals surface area contributed by atoms with Crippen molar-refractivity contribution in [2.75, 3.05) is 12.4 Å². The minimum absolute atomic E-state index is 0.203. The zero-order valence-corrected chi connectivity index (χ0v) is 15.5. The zero-order chi connectivity index (χ0) is 20.8. The molecule has 0 aliphatic rings. The second kappa shape index (κ2) is 8.62. The summed E-state index contributed by atoms with van der Waals surface area (Å²) in [5, 5.41) is 11.8. The molecule has 10 heteroatoms. The highest BCUT2D eigenvalue weighted by atomic mass is 16.5. The van der Waals surface area contributed by atoms with E-state index >= 15 is 0 Å². The van der Waals surface area contributed by atoms with Gasteiger partial charge in [0.15, 0.2) is 17.6 Å². The van der Waals surface area contributed by atoms with Crippen LogP contribution in [0.15, 0.2) is 42.5 Å². The summed E-state index contributed by atoms with van der Waals surface area (Å²) in [6.45, 7) is 1.39. The van der Waals surface area contributed by atoms with E-state index in [0.717, 1.165) is 0 Å². The quantitative estimate of drug-likeness (QED) is 0.367. The highest BCUT2D eigenvalue weighted by Crippen LogP contribution is 2.16. The van der Waals surface area contributed by atoms with Gasteiger partial charge in [0.1, 0.15) is 29.2 Å². The van der Waals surface area contributed by atoms with Gasteiger partial charge in [0.2, 0.25) is 0 Å². The number of carbonyl (C=O) groups excluding carboxylic acids is 2. The van der Waals surface area contributed by atoms with Crippen molar-refractivity contribution in [2.24, 2.45) is 0 Å². The number of methoxy groups -OCH3 is 1. The van der Waals surface area contributed by atoms with Gasteiger partial charge < -0.3 is 19.8 Å². The van der Waals surface area contributed by atoms with Crippen LogP contribution in [0.2, 0.25) is 0 Å². The molecule has 1 aromatic carbocycles. The lowest BCUT2D eigenvalue weighted by Gasteiger charge is -2.13. The first-order chi connectivity index (χ1) is 14.0. The van der Waals surface area contributed by atoms with Crippen molar-refractivity contribution in [3.05, 3.63) is 48.1 Å². The SMILES string of the molecule is COc1ccc(/C=C(\C#N)C(=O)OC(C)C(=O)Nc2ncnc3nc[nH]c23)cc1. The number of aromatic amines is 1. The Bertz CT molecular complexity index is 1110. The molecule has 2 N–H and O–H groups in total. The van der Waals surface area contributed by atoms with Crippen LogP contribution < -0.4 is 10.1 Å². The third-order valence-electron chi connectivity index (χ3n) is 3.88. The number of imidazole rings is 1. The molecular formula is C19H16N6O4. The van der Waals surface area contributed by atoms with E-state index in [0.29, 0.717) is 22.5 Å². The summed E-state index contributed by atoms with van der Waals surface area (Å²) in [5.41, 5.74) is 1.19. The number of H-pyrrole nitrogens is 1. The van der Waals surface area contributed by atoms with Crippen LogP contribution >= 0.6 is 0 Å². The van der Waals surface area contributed by atoms with E-state index in [4.69, 9.17) is 9.47 Å². The first-order valence-electron chi connectivity index (χ1n) is 8.43. The Hall–Kier alpha value is -4.26. The fraction of sp³-hybridized carbons (Fsp3) is 0.158. The molecular weight excluding hydrogens is 376 g/mol. The van der Waals surface area contributed by atoms with Gasteiger partial charge in [-0.2, -0.15) is 5.26 Å². The van der Waals surface area contributed by atoms with Gasteiger partial charge in [-0.15, -0.1) is 0 Å². The molecule has 0 fully saturated rings. The Morgan fingerprint density at radius 3 is 2.69 bits per heavy atom. The van der Waals surface area contributed by atoms with Crippen LogP contribution in [-0.4, -0.2) is 45.0 Å². The lowest BCUT2D eigenvalue weighted by atomic mass is 10.1. The summed E-state index contributed by atoms with van der Waals surface area (Å²) in [6.07, 6.45) is 2.87. The molecule has 0 spiro atoms. The van der Waals surface area contributed by atoms with Gasteiger partial charge in [-0.25, -0.2) is 19.7 Å². The Labute approximate surface area is 165 Å². The average Bonchev–Trinajstić information content (AvgIpc) is 3.22. The first kappa shape index (κ1) is 19.5. The molecule has 0 saturated carbocycles. The van der Waals surface area contributed by atoms with E-state index in [1.54, 1.807) is 30.3 Å². The van der Waals surface area contributed by atoms with E-state index < -0.39 is 18.0 Å². The fourth-order valence-electron chi connectivity index (χ4n) is 2.36. The Morgan fingerprint density at radius 1 is 1.24 bits per heavy atom. The van der Waals surface area contributed by atoms with Gasteiger partial charge in [0.25, 0.3) is 5.91 Å². The molecule has 0 aliphatic heterocycles. The standard InChI is InChI=1S/C19H16N6O4/c1-11(18(26)25-17-15-16(22-9-21-15)23-10-24-17)29-19(27)13(8-20)7-12-3-5-14(28-2)6-4-12/h3-7,9-11H,1-2H3,(H2,21,22,23,24,25,26)/b13-7+. The van der Waals surface area contributed by atoms with E-state index in [1.807, 2.05) is 0 Å². The van der Waals surface area contributed by atoms with Crippen molar-refractivity contribution in [3.8, 4) is 11.8 Å². The van der Waals surface area contributed by atoms with Crippen molar-refractivity contribution >= 4 is 34.9 Å². The van der Waals surface area contributed by atoms with Crippen LogP contribution in [0.3, 0.4) is 0 Å². The maximum Gasteiger partial charge on any atom is 0.349 e. The van der Waals surface area contributed by atoms with Crippen LogP contribution in [-0.2, 0) is 14.3 Å². The number of nitriles is 1. The maximum absolute atomic E-state index is 12.4. The van der Waals surface area contributed by atoms with Crippen molar-refractivity contribution < 1.29 is 19.1 Å². The summed E-state index contributed by atoms with van der Waals surface area (Å²) in [4.78, 5) is 39.3. The number of nitrogens with one attached hydrogen (secondary N) is 2. The monoisotopic (exact) mass is 392 g/mol. The van der Waals surface area contributed by atoms with Crippen LogP contribution in [0.1, 0.15) is 12.5 Å². The van der Waals surface area contributed by atoms with Crippen LogP contribution in [0.5, 0.6) is 5.75 Å². The van der Waals surface area contributed by atoms with Crippen LogP contribution in [0.25, 0.3) is 17.2 Å². The number of benzene rings is 1. The summed E-state index contributed by atoms with van der Waals surface area (Å²) in [7, 11) is 1.54. The molecule has 2 heterocycles. The van der Waals surface area contributed by atoms with Crippen molar-refractivity contribution in [1.29, 1.82) is 5.26 Å². The average molecular weight is 392 g/mol. The van der Waals surface area contributed by atoms with Gasteiger partial charge in [0.05, 0.1) is 13.4 Å². The molecule has 3 aromatic rings. The predicted octanol–water partition coefficient (Wildman–Crippen LogP) is 1.84. The van der Waals surface area contributed by atoms with Crippen LogP contribution in [0, 0.1) is 11.3 Å².